The molecule has 1 aromatic heterocycles. The van der Waals surface area contributed by atoms with E-state index in [1.54, 1.807) is 17.4 Å². The number of esters is 1. The predicted molar refractivity (Wildman–Crippen MR) is 47.9 cm³/mol. The van der Waals surface area contributed by atoms with E-state index in [2.05, 4.69) is 0 Å². The van der Waals surface area contributed by atoms with Crippen molar-refractivity contribution in [2.45, 2.75) is 13.0 Å². The van der Waals surface area contributed by atoms with Crippen molar-refractivity contribution in [1.82, 2.24) is 0 Å². The molecule has 0 saturated heterocycles. The maximum atomic E-state index is 10.9. The van der Waals surface area contributed by atoms with Gasteiger partial charge < -0.3 is 4.74 Å². The number of thiophene rings is 1. The van der Waals surface area contributed by atoms with E-state index >= 15 is 0 Å². The van der Waals surface area contributed by atoms with Crippen LogP contribution in [0.25, 0.3) is 5.57 Å². The Morgan fingerprint density at radius 1 is 1.58 bits per heavy atom. The van der Waals surface area contributed by atoms with Crippen LogP contribution >= 0.6 is 11.3 Å². The van der Waals surface area contributed by atoms with Gasteiger partial charge in [-0.3, -0.25) is 0 Å². The first-order chi connectivity index (χ1) is 5.77. The molecule has 0 N–H and O–H groups in total. The van der Waals surface area contributed by atoms with Crippen LogP contribution in [0.4, 0.5) is 0 Å². The fraction of sp³-hybridized carbons (Fsp3) is 0.222. The Bertz CT molecular complexity index is 324. The largest absolute Gasteiger partial charge is 0.455 e. The average Bonchev–Trinajstić information content (AvgIpc) is 2.58. The molecule has 62 valence electrons. The molecule has 1 unspecified atom stereocenters. The third-order valence-corrected chi connectivity index (χ3v) is 2.73. The van der Waals surface area contributed by atoms with Crippen LogP contribution in [0.15, 0.2) is 23.6 Å². The minimum atomic E-state index is -0.231. The first-order valence-corrected chi connectivity index (χ1v) is 4.61. The Hall–Kier alpha value is -1.09. The third kappa shape index (κ3) is 1.16. The maximum absolute atomic E-state index is 10.9. The van der Waals surface area contributed by atoms with Crippen molar-refractivity contribution in [3.05, 3.63) is 28.5 Å². The van der Waals surface area contributed by atoms with Crippen LogP contribution in [-0.2, 0) is 9.53 Å². The Labute approximate surface area is 74.5 Å². The summed E-state index contributed by atoms with van der Waals surface area (Å²) in [6, 6.07) is 3.96. The van der Waals surface area contributed by atoms with Gasteiger partial charge in [-0.2, -0.15) is 0 Å². The summed E-state index contributed by atoms with van der Waals surface area (Å²) in [6.07, 6.45) is 1.48. The molecular weight excluding hydrogens is 172 g/mol. The molecule has 0 spiro atoms. The zero-order chi connectivity index (χ0) is 8.55. The summed E-state index contributed by atoms with van der Waals surface area (Å²) in [6.45, 7) is 1.89. The quantitative estimate of drug-likeness (QED) is 0.618. The van der Waals surface area contributed by atoms with E-state index in [9.17, 15) is 4.79 Å². The van der Waals surface area contributed by atoms with Crippen molar-refractivity contribution in [2.75, 3.05) is 0 Å². The van der Waals surface area contributed by atoms with Gasteiger partial charge in [-0.05, 0) is 18.4 Å². The first kappa shape index (κ1) is 7.55. The SMILES string of the molecule is CC1OC(=O)C=C1c1cccs1. The molecular formula is C9H8O2S. The van der Waals surface area contributed by atoms with E-state index < -0.39 is 0 Å². The lowest BCUT2D eigenvalue weighted by molar-refractivity contribution is -0.137. The Morgan fingerprint density at radius 3 is 2.92 bits per heavy atom. The molecule has 0 fully saturated rings. The monoisotopic (exact) mass is 180 g/mol. The summed E-state index contributed by atoms with van der Waals surface area (Å²) in [7, 11) is 0. The average molecular weight is 180 g/mol. The number of hydrogen-bond donors (Lipinski definition) is 0. The lowest BCUT2D eigenvalue weighted by atomic mass is 10.1. The molecule has 0 saturated carbocycles. The fourth-order valence-corrected chi connectivity index (χ4v) is 2.05. The molecule has 0 aromatic carbocycles. The van der Waals surface area contributed by atoms with Gasteiger partial charge in [-0.15, -0.1) is 11.3 Å². The predicted octanol–water partition coefficient (Wildman–Crippen LogP) is 2.08. The Morgan fingerprint density at radius 2 is 2.42 bits per heavy atom. The van der Waals surface area contributed by atoms with E-state index in [-0.39, 0.29) is 12.1 Å². The number of ether oxygens (including phenoxy) is 1. The molecule has 2 nitrogen and oxygen atoms in total. The highest BCUT2D eigenvalue weighted by Gasteiger charge is 2.23. The molecule has 1 aliphatic rings. The lowest BCUT2D eigenvalue weighted by Crippen LogP contribution is -2.04. The molecule has 1 aromatic rings. The van der Waals surface area contributed by atoms with E-state index in [0.717, 1.165) is 10.5 Å². The number of carbonyl (C=O) groups is 1. The van der Waals surface area contributed by atoms with Crippen molar-refractivity contribution < 1.29 is 9.53 Å². The number of cyclic esters (lactones) is 1. The van der Waals surface area contributed by atoms with Crippen LogP contribution in [0, 0.1) is 0 Å². The summed E-state index contributed by atoms with van der Waals surface area (Å²) in [5, 5.41) is 1.99. The zero-order valence-electron chi connectivity index (χ0n) is 6.61. The second kappa shape index (κ2) is 2.75. The second-order valence-corrected chi connectivity index (χ2v) is 3.60. The minimum Gasteiger partial charge on any atom is -0.455 e. The Balaban J connectivity index is 2.36. The summed E-state index contributed by atoms with van der Waals surface area (Å²) in [5.41, 5.74) is 0.995. The van der Waals surface area contributed by atoms with Crippen molar-refractivity contribution in [1.29, 1.82) is 0 Å². The third-order valence-electron chi connectivity index (χ3n) is 1.81. The molecule has 2 heterocycles. The first-order valence-electron chi connectivity index (χ1n) is 3.73. The smallest absolute Gasteiger partial charge is 0.331 e. The van der Waals surface area contributed by atoms with Gasteiger partial charge in [-0.25, -0.2) is 4.79 Å². The summed E-state index contributed by atoms with van der Waals surface area (Å²) in [4.78, 5) is 12.0. The van der Waals surface area contributed by atoms with Crippen molar-refractivity contribution in [3.8, 4) is 0 Å². The van der Waals surface area contributed by atoms with Crippen molar-refractivity contribution in [2.24, 2.45) is 0 Å². The molecule has 2 rings (SSSR count). The molecule has 0 aliphatic carbocycles. The fourth-order valence-electron chi connectivity index (χ4n) is 1.23. The molecule has 0 amide bonds. The highest BCUT2D eigenvalue weighted by atomic mass is 32.1. The van der Waals surface area contributed by atoms with Crippen LogP contribution in [0.3, 0.4) is 0 Å². The molecule has 1 aliphatic heterocycles. The highest BCUT2D eigenvalue weighted by Crippen LogP contribution is 2.28. The van der Waals surface area contributed by atoms with Gasteiger partial charge in [0.25, 0.3) is 0 Å². The van der Waals surface area contributed by atoms with Gasteiger partial charge in [0.15, 0.2) is 0 Å². The standard InChI is InChI=1S/C9H8O2S/c1-6-7(5-9(10)11-6)8-3-2-4-12-8/h2-6H,1H3. The van der Waals surface area contributed by atoms with E-state index in [4.69, 9.17) is 4.74 Å². The minimum absolute atomic E-state index is 0.0869. The summed E-state index contributed by atoms with van der Waals surface area (Å²) >= 11 is 1.63. The van der Waals surface area contributed by atoms with Gasteiger partial charge >= 0.3 is 5.97 Å². The van der Waals surface area contributed by atoms with Crippen molar-refractivity contribution >= 4 is 22.9 Å². The van der Waals surface area contributed by atoms with Crippen LogP contribution < -0.4 is 0 Å². The van der Waals surface area contributed by atoms with Crippen LogP contribution in [-0.4, -0.2) is 12.1 Å². The van der Waals surface area contributed by atoms with E-state index in [0.29, 0.717) is 0 Å². The number of carbonyl (C=O) groups excluding carboxylic acids is 1. The molecule has 12 heavy (non-hydrogen) atoms. The van der Waals surface area contributed by atoms with Gasteiger partial charge in [0.05, 0.1) is 0 Å². The van der Waals surface area contributed by atoms with E-state index in [1.165, 1.54) is 0 Å². The molecule has 0 bridgehead atoms. The van der Waals surface area contributed by atoms with Gasteiger partial charge in [0.1, 0.15) is 6.10 Å². The van der Waals surface area contributed by atoms with Crippen LogP contribution in [0.2, 0.25) is 0 Å². The highest BCUT2D eigenvalue weighted by molar-refractivity contribution is 7.11. The Kier molecular flexibility index (Phi) is 1.73. The zero-order valence-corrected chi connectivity index (χ0v) is 7.43. The molecule has 0 radical (unpaired) electrons. The summed E-state index contributed by atoms with van der Waals surface area (Å²) < 4.78 is 4.97. The van der Waals surface area contributed by atoms with Gasteiger partial charge in [-0.1, -0.05) is 6.07 Å². The van der Waals surface area contributed by atoms with Crippen LogP contribution in [0.1, 0.15) is 11.8 Å². The normalized spacial score (nSPS) is 22.2. The summed E-state index contributed by atoms with van der Waals surface area (Å²) in [5.74, 6) is -0.231. The molecule has 3 heteroatoms. The number of rotatable bonds is 1. The van der Waals surface area contributed by atoms with Crippen molar-refractivity contribution in [3.63, 3.8) is 0 Å². The van der Waals surface area contributed by atoms with Gasteiger partial charge in [0.2, 0.25) is 0 Å². The van der Waals surface area contributed by atoms with Crippen LogP contribution in [0.5, 0.6) is 0 Å². The number of hydrogen-bond acceptors (Lipinski definition) is 3. The maximum Gasteiger partial charge on any atom is 0.331 e. The van der Waals surface area contributed by atoms with E-state index in [1.807, 2.05) is 24.4 Å². The molecule has 1 atom stereocenters. The van der Waals surface area contributed by atoms with Gasteiger partial charge in [0, 0.05) is 16.5 Å². The lowest BCUT2D eigenvalue weighted by Gasteiger charge is -2.05. The second-order valence-electron chi connectivity index (χ2n) is 2.66. The topological polar surface area (TPSA) is 26.3 Å².